The molecule has 1 aromatic heterocycles. The molecule has 1 aromatic rings. The molecule has 53 valence electrons. The van der Waals surface area contributed by atoms with E-state index in [1.165, 1.54) is 6.33 Å². The zero-order valence-corrected chi connectivity index (χ0v) is 5.66. The fourth-order valence-corrected chi connectivity index (χ4v) is 0.520. The van der Waals surface area contributed by atoms with Crippen molar-refractivity contribution in [3.63, 3.8) is 0 Å². The predicted molar refractivity (Wildman–Crippen MR) is 35.7 cm³/mol. The van der Waals surface area contributed by atoms with Crippen LogP contribution in [-0.4, -0.2) is 15.9 Å². The summed E-state index contributed by atoms with van der Waals surface area (Å²) in [6, 6.07) is 0. The molecule has 0 fully saturated rings. The van der Waals surface area contributed by atoms with Crippen LogP contribution in [0, 0.1) is 0 Å². The van der Waals surface area contributed by atoms with Crippen molar-refractivity contribution < 1.29 is 4.79 Å². The lowest BCUT2D eigenvalue weighted by atomic mass is 10.4. The summed E-state index contributed by atoms with van der Waals surface area (Å²) in [4.78, 5) is 17.1. The number of imidazole rings is 1. The van der Waals surface area contributed by atoms with Crippen LogP contribution >= 0.6 is 0 Å². The maximum Gasteiger partial charge on any atom is 0.247 e. The molecule has 0 aliphatic carbocycles. The standard InChI is InChI=1S/C6H8N3O/c1-2-6(10)9-5-3-7-4-8-5/h3-4H,2H2,1H3,(H,7,8). The van der Waals surface area contributed by atoms with Crippen LogP contribution in [0.25, 0.3) is 0 Å². The van der Waals surface area contributed by atoms with Crippen LogP contribution < -0.4 is 5.32 Å². The van der Waals surface area contributed by atoms with E-state index in [-0.39, 0.29) is 5.91 Å². The van der Waals surface area contributed by atoms with Gasteiger partial charge in [-0.15, -0.1) is 0 Å². The highest BCUT2D eigenvalue weighted by molar-refractivity contribution is 5.79. The Morgan fingerprint density at radius 2 is 2.70 bits per heavy atom. The van der Waals surface area contributed by atoms with Crippen molar-refractivity contribution in [2.75, 3.05) is 0 Å². The summed E-state index contributed by atoms with van der Waals surface area (Å²) in [5.74, 6) is 0.305. The number of nitrogens with zero attached hydrogens (tertiary/aromatic N) is 2. The molecule has 0 aromatic carbocycles. The molecule has 0 unspecified atom stereocenters. The lowest BCUT2D eigenvalue weighted by molar-refractivity contribution is -0.119. The topological polar surface area (TPSA) is 59.9 Å². The van der Waals surface area contributed by atoms with E-state index in [4.69, 9.17) is 0 Å². The Labute approximate surface area is 58.7 Å². The second-order valence-corrected chi connectivity index (χ2v) is 1.79. The average Bonchev–Trinajstić information content (AvgIpc) is 2.40. The molecular formula is C6H8N3O. The van der Waals surface area contributed by atoms with Gasteiger partial charge in [-0.3, -0.25) is 4.79 Å². The third kappa shape index (κ3) is 1.58. The minimum Gasteiger partial charge on any atom is -0.349 e. The molecule has 1 heterocycles. The number of carbonyl (C=O) groups is 1. The van der Waals surface area contributed by atoms with Crippen molar-refractivity contribution in [2.45, 2.75) is 13.3 Å². The smallest absolute Gasteiger partial charge is 0.247 e. The molecule has 1 N–H and O–H groups in total. The summed E-state index contributed by atoms with van der Waals surface area (Å²) < 4.78 is 0. The Morgan fingerprint density at radius 1 is 1.90 bits per heavy atom. The zero-order chi connectivity index (χ0) is 7.40. The van der Waals surface area contributed by atoms with Gasteiger partial charge in [-0.2, -0.15) is 5.32 Å². The van der Waals surface area contributed by atoms with Crippen molar-refractivity contribution in [1.82, 2.24) is 15.3 Å². The molecule has 0 aliphatic heterocycles. The lowest BCUT2D eigenvalue weighted by Gasteiger charge is -1.90. The minimum absolute atomic E-state index is 0.146. The zero-order valence-electron chi connectivity index (χ0n) is 5.66. The maximum atomic E-state index is 10.7. The number of nitrogens with one attached hydrogen (secondary N) is 1. The van der Waals surface area contributed by atoms with E-state index in [1.807, 2.05) is 0 Å². The van der Waals surface area contributed by atoms with Crippen molar-refractivity contribution in [1.29, 1.82) is 0 Å². The number of hydrogen-bond donors (Lipinski definition) is 1. The van der Waals surface area contributed by atoms with Crippen molar-refractivity contribution in [3.05, 3.63) is 12.5 Å². The molecule has 10 heavy (non-hydrogen) atoms. The SMILES string of the molecule is CCC(=O)[N]c1c[nH]cn1. The van der Waals surface area contributed by atoms with Gasteiger partial charge in [0.05, 0.1) is 6.33 Å². The quantitative estimate of drug-likeness (QED) is 0.649. The van der Waals surface area contributed by atoms with Gasteiger partial charge < -0.3 is 4.98 Å². The largest absolute Gasteiger partial charge is 0.349 e. The molecular weight excluding hydrogens is 130 g/mol. The van der Waals surface area contributed by atoms with Crippen LogP contribution in [0.15, 0.2) is 12.5 Å². The van der Waals surface area contributed by atoms with Crippen LogP contribution in [0.5, 0.6) is 0 Å². The highest BCUT2D eigenvalue weighted by Gasteiger charge is 2.00. The number of aromatic amines is 1. The van der Waals surface area contributed by atoms with Crippen LogP contribution in [0.1, 0.15) is 13.3 Å². The van der Waals surface area contributed by atoms with Gasteiger partial charge in [0.2, 0.25) is 5.91 Å². The number of H-pyrrole nitrogens is 1. The van der Waals surface area contributed by atoms with Crippen molar-refractivity contribution in [3.8, 4) is 0 Å². The van der Waals surface area contributed by atoms with E-state index in [0.717, 1.165) is 0 Å². The molecule has 0 aliphatic rings. The molecule has 0 spiro atoms. The third-order valence-electron chi connectivity index (χ3n) is 1.03. The van der Waals surface area contributed by atoms with Crippen LogP contribution in [0.2, 0.25) is 0 Å². The van der Waals surface area contributed by atoms with Gasteiger partial charge in [-0.1, -0.05) is 6.92 Å². The summed E-state index contributed by atoms with van der Waals surface area (Å²) >= 11 is 0. The molecule has 4 nitrogen and oxygen atoms in total. The van der Waals surface area contributed by atoms with Gasteiger partial charge in [-0.25, -0.2) is 4.98 Å². The molecule has 1 amide bonds. The number of amides is 1. The second kappa shape index (κ2) is 3.00. The highest BCUT2D eigenvalue weighted by atomic mass is 16.1. The molecule has 1 rings (SSSR count). The summed E-state index contributed by atoms with van der Waals surface area (Å²) in [5, 5.41) is 3.66. The number of rotatable bonds is 2. The number of carbonyl (C=O) groups excluding carboxylic acids is 1. The van der Waals surface area contributed by atoms with Gasteiger partial charge in [0.15, 0.2) is 5.82 Å². The normalized spacial score (nSPS) is 9.30. The van der Waals surface area contributed by atoms with E-state index in [1.54, 1.807) is 13.1 Å². The first-order chi connectivity index (χ1) is 4.83. The number of aromatic nitrogens is 2. The van der Waals surface area contributed by atoms with Crippen molar-refractivity contribution in [2.24, 2.45) is 0 Å². The van der Waals surface area contributed by atoms with E-state index in [0.29, 0.717) is 12.2 Å². The molecule has 4 heteroatoms. The molecule has 0 bridgehead atoms. The summed E-state index contributed by atoms with van der Waals surface area (Å²) in [6.07, 6.45) is 3.49. The van der Waals surface area contributed by atoms with Crippen molar-refractivity contribution >= 4 is 11.7 Å². The van der Waals surface area contributed by atoms with Gasteiger partial charge in [0, 0.05) is 12.6 Å². The Balaban J connectivity index is 2.48. The predicted octanol–water partition coefficient (Wildman–Crippen LogP) is 0.582. The van der Waals surface area contributed by atoms with Gasteiger partial charge in [0.25, 0.3) is 0 Å². The van der Waals surface area contributed by atoms with Gasteiger partial charge in [0.1, 0.15) is 0 Å². The first kappa shape index (κ1) is 6.80. The van der Waals surface area contributed by atoms with E-state index in [2.05, 4.69) is 15.3 Å². The van der Waals surface area contributed by atoms with Crippen LogP contribution in [0.3, 0.4) is 0 Å². The Bertz CT molecular complexity index is 205. The van der Waals surface area contributed by atoms with E-state index >= 15 is 0 Å². The van der Waals surface area contributed by atoms with Crippen LogP contribution in [-0.2, 0) is 4.79 Å². The summed E-state index contributed by atoms with van der Waals surface area (Å²) in [7, 11) is 0. The Kier molecular flexibility index (Phi) is 2.04. The lowest BCUT2D eigenvalue weighted by Crippen LogP contribution is -2.07. The van der Waals surface area contributed by atoms with Gasteiger partial charge >= 0.3 is 0 Å². The van der Waals surface area contributed by atoms with Crippen LogP contribution in [0.4, 0.5) is 5.82 Å². The number of hydrogen-bond acceptors (Lipinski definition) is 2. The fraction of sp³-hybridized carbons (Fsp3) is 0.333. The molecule has 0 saturated carbocycles. The first-order valence-electron chi connectivity index (χ1n) is 3.06. The first-order valence-corrected chi connectivity index (χ1v) is 3.06. The monoisotopic (exact) mass is 138 g/mol. The van der Waals surface area contributed by atoms with E-state index < -0.39 is 0 Å². The third-order valence-corrected chi connectivity index (χ3v) is 1.03. The molecule has 1 radical (unpaired) electrons. The summed E-state index contributed by atoms with van der Waals surface area (Å²) in [5.41, 5.74) is 0. The second-order valence-electron chi connectivity index (χ2n) is 1.79. The highest BCUT2D eigenvalue weighted by Crippen LogP contribution is 1.98. The Hall–Kier alpha value is -1.32. The Morgan fingerprint density at radius 3 is 3.20 bits per heavy atom. The van der Waals surface area contributed by atoms with E-state index in [9.17, 15) is 4.79 Å². The molecule has 0 saturated heterocycles. The van der Waals surface area contributed by atoms with Gasteiger partial charge in [-0.05, 0) is 0 Å². The minimum atomic E-state index is -0.146. The summed E-state index contributed by atoms with van der Waals surface area (Å²) in [6.45, 7) is 1.76. The average molecular weight is 138 g/mol. The molecule has 0 atom stereocenters. The maximum absolute atomic E-state index is 10.7. The fourth-order valence-electron chi connectivity index (χ4n) is 0.520.